The molecule has 0 atom stereocenters. The number of furan rings is 1. The van der Waals surface area contributed by atoms with Gasteiger partial charge >= 0.3 is 0 Å². The second-order valence-corrected chi connectivity index (χ2v) is 4.94. The first-order chi connectivity index (χ1) is 9.70. The Morgan fingerprint density at radius 1 is 1.20 bits per heavy atom. The Labute approximate surface area is 115 Å². The lowest BCUT2D eigenvalue weighted by Gasteiger charge is -2.04. The van der Waals surface area contributed by atoms with E-state index in [1.807, 2.05) is 6.07 Å². The third-order valence-electron chi connectivity index (χ3n) is 3.15. The molecule has 1 saturated carbocycles. The van der Waals surface area contributed by atoms with Gasteiger partial charge in [0, 0.05) is 24.2 Å². The van der Waals surface area contributed by atoms with E-state index in [1.54, 1.807) is 6.26 Å². The maximum Gasteiger partial charge on any atom is 0.162 e. The van der Waals surface area contributed by atoms with Crippen LogP contribution in [0.5, 0.6) is 5.75 Å². The summed E-state index contributed by atoms with van der Waals surface area (Å²) in [6.07, 6.45) is 4.16. The third kappa shape index (κ3) is 3.36. The van der Waals surface area contributed by atoms with E-state index in [2.05, 4.69) is 5.32 Å². The fraction of sp³-hybridized carbons (Fsp3) is 0.333. The van der Waals surface area contributed by atoms with E-state index in [4.69, 9.17) is 9.15 Å². The lowest BCUT2D eigenvalue weighted by molar-refractivity contribution is 0.268. The van der Waals surface area contributed by atoms with Gasteiger partial charge < -0.3 is 14.5 Å². The van der Waals surface area contributed by atoms with Gasteiger partial charge in [0.15, 0.2) is 11.6 Å². The zero-order chi connectivity index (χ0) is 13.9. The molecule has 0 bridgehead atoms. The summed E-state index contributed by atoms with van der Waals surface area (Å²) < 4.78 is 36.5. The highest BCUT2D eigenvalue weighted by Gasteiger charge is 2.20. The molecule has 0 aliphatic heterocycles. The smallest absolute Gasteiger partial charge is 0.162 e. The number of benzene rings is 1. The Kier molecular flexibility index (Phi) is 3.69. The lowest BCUT2D eigenvalue weighted by Crippen LogP contribution is -2.14. The molecule has 0 spiro atoms. The molecule has 2 aromatic rings. The quantitative estimate of drug-likeness (QED) is 0.880. The molecule has 0 radical (unpaired) electrons. The average Bonchev–Trinajstić information content (AvgIpc) is 3.16. The van der Waals surface area contributed by atoms with Gasteiger partial charge in [-0.3, -0.25) is 0 Å². The van der Waals surface area contributed by atoms with Crippen LogP contribution in [0.4, 0.5) is 8.78 Å². The van der Waals surface area contributed by atoms with Crippen molar-refractivity contribution in [3.05, 3.63) is 53.5 Å². The number of nitrogens with one attached hydrogen (secondary N) is 1. The predicted octanol–water partition coefficient (Wildman–Crippen LogP) is 3.39. The van der Waals surface area contributed by atoms with Gasteiger partial charge in [-0.1, -0.05) is 0 Å². The fourth-order valence-corrected chi connectivity index (χ4v) is 1.87. The molecular formula is C15H15F2NO2. The molecule has 1 aromatic carbocycles. The largest absolute Gasteiger partial charge is 0.486 e. The van der Waals surface area contributed by atoms with Gasteiger partial charge in [-0.25, -0.2) is 8.78 Å². The summed E-state index contributed by atoms with van der Waals surface area (Å²) in [5, 5.41) is 3.38. The molecule has 20 heavy (non-hydrogen) atoms. The van der Waals surface area contributed by atoms with Crippen LogP contribution in [0.15, 0.2) is 34.9 Å². The topological polar surface area (TPSA) is 34.4 Å². The van der Waals surface area contributed by atoms with Gasteiger partial charge in [-0.2, -0.15) is 0 Å². The van der Waals surface area contributed by atoms with Gasteiger partial charge in [0.2, 0.25) is 0 Å². The van der Waals surface area contributed by atoms with Crippen molar-refractivity contribution in [2.45, 2.75) is 32.0 Å². The summed E-state index contributed by atoms with van der Waals surface area (Å²) in [6, 6.07) is 5.99. The van der Waals surface area contributed by atoms with E-state index in [9.17, 15) is 8.78 Å². The van der Waals surface area contributed by atoms with Gasteiger partial charge in [-0.15, -0.1) is 0 Å². The second kappa shape index (κ2) is 5.63. The Morgan fingerprint density at radius 3 is 2.80 bits per heavy atom. The molecule has 1 fully saturated rings. The van der Waals surface area contributed by atoms with Crippen molar-refractivity contribution in [1.82, 2.24) is 5.32 Å². The molecule has 1 N–H and O–H groups in total. The third-order valence-corrected chi connectivity index (χ3v) is 3.15. The van der Waals surface area contributed by atoms with Crippen LogP contribution in [0, 0.1) is 11.6 Å². The zero-order valence-electron chi connectivity index (χ0n) is 10.9. The van der Waals surface area contributed by atoms with Crippen molar-refractivity contribution < 1.29 is 17.9 Å². The van der Waals surface area contributed by atoms with E-state index >= 15 is 0 Å². The number of rotatable bonds is 6. The Morgan fingerprint density at radius 2 is 2.05 bits per heavy atom. The van der Waals surface area contributed by atoms with Crippen LogP contribution < -0.4 is 10.1 Å². The molecule has 3 rings (SSSR count). The minimum Gasteiger partial charge on any atom is -0.486 e. The van der Waals surface area contributed by atoms with Crippen molar-refractivity contribution in [3.63, 3.8) is 0 Å². The summed E-state index contributed by atoms with van der Waals surface area (Å²) in [4.78, 5) is 0. The molecule has 1 aliphatic carbocycles. The molecular weight excluding hydrogens is 264 g/mol. The highest BCUT2D eigenvalue weighted by Crippen LogP contribution is 2.20. The minimum absolute atomic E-state index is 0.189. The molecule has 1 aliphatic rings. The maximum atomic E-state index is 13.0. The maximum absolute atomic E-state index is 13.0. The molecule has 1 aromatic heterocycles. The van der Waals surface area contributed by atoms with E-state index in [-0.39, 0.29) is 12.4 Å². The SMILES string of the molecule is Fc1ccc(OCc2cc(CNC3CC3)co2)cc1F. The molecule has 5 heteroatoms. The van der Waals surface area contributed by atoms with E-state index in [0.29, 0.717) is 11.8 Å². The highest BCUT2D eigenvalue weighted by atomic mass is 19.2. The van der Waals surface area contributed by atoms with Crippen LogP contribution in [0.2, 0.25) is 0 Å². The minimum atomic E-state index is -0.920. The second-order valence-electron chi connectivity index (χ2n) is 4.94. The summed E-state index contributed by atoms with van der Waals surface area (Å²) in [5.74, 6) is -0.875. The Balaban J connectivity index is 1.53. The predicted molar refractivity (Wildman–Crippen MR) is 69.3 cm³/mol. The molecule has 106 valence electrons. The number of ether oxygens (including phenoxy) is 1. The van der Waals surface area contributed by atoms with Crippen molar-refractivity contribution >= 4 is 0 Å². The summed E-state index contributed by atoms with van der Waals surface area (Å²) >= 11 is 0. The van der Waals surface area contributed by atoms with Crippen LogP contribution in [0.25, 0.3) is 0 Å². The first-order valence-corrected chi connectivity index (χ1v) is 6.58. The van der Waals surface area contributed by atoms with Gasteiger partial charge in [-0.05, 0) is 31.0 Å². The molecule has 3 nitrogen and oxygen atoms in total. The normalized spacial score (nSPS) is 14.5. The van der Waals surface area contributed by atoms with E-state index < -0.39 is 11.6 Å². The number of halogens is 2. The van der Waals surface area contributed by atoms with E-state index in [0.717, 1.165) is 24.2 Å². The zero-order valence-corrected chi connectivity index (χ0v) is 10.9. The first-order valence-electron chi connectivity index (χ1n) is 6.58. The van der Waals surface area contributed by atoms with Crippen molar-refractivity contribution in [2.75, 3.05) is 0 Å². The fourth-order valence-electron chi connectivity index (χ4n) is 1.87. The summed E-state index contributed by atoms with van der Waals surface area (Å²) in [5.41, 5.74) is 1.06. The van der Waals surface area contributed by atoms with Gasteiger partial charge in [0.25, 0.3) is 0 Å². The van der Waals surface area contributed by atoms with Crippen LogP contribution in [0.1, 0.15) is 24.2 Å². The lowest BCUT2D eigenvalue weighted by atomic mass is 10.3. The average molecular weight is 279 g/mol. The first kappa shape index (κ1) is 13.1. The van der Waals surface area contributed by atoms with Crippen LogP contribution in [0.3, 0.4) is 0 Å². The van der Waals surface area contributed by atoms with Crippen molar-refractivity contribution in [1.29, 1.82) is 0 Å². The standard InChI is InChI=1S/C15H15F2NO2/c16-14-4-3-12(6-15(14)17)20-9-13-5-10(8-19-13)7-18-11-1-2-11/h3-6,8,11,18H,1-2,7,9H2. The van der Waals surface area contributed by atoms with Gasteiger partial charge in [0.1, 0.15) is 18.1 Å². The number of hydrogen-bond donors (Lipinski definition) is 1. The molecule has 0 saturated heterocycles. The van der Waals surface area contributed by atoms with Crippen LogP contribution >= 0.6 is 0 Å². The summed E-state index contributed by atoms with van der Waals surface area (Å²) in [6.45, 7) is 0.966. The number of hydrogen-bond acceptors (Lipinski definition) is 3. The molecule has 0 amide bonds. The van der Waals surface area contributed by atoms with Crippen molar-refractivity contribution in [2.24, 2.45) is 0 Å². The van der Waals surface area contributed by atoms with Crippen LogP contribution in [-0.4, -0.2) is 6.04 Å². The molecule has 0 unspecified atom stereocenters. The van der Waals surface area contributed by atoms with E-state index in [1.165, 1.54) is 18.9 Å². The Bertz CT molecular complexity index is 593. The Hall–Kier alpha value is -1.88. The van der Waals surface area contributed by atoms with Crippen molar-refractivity contribution in [3.8, 4) is 5.75 Å². The van der Waals surface area contributed by atoms with Gasteiger partial charge in [0.05, 0.1) is 6.26 Å². The summed E-state index contributed by atoms with van der Waals surface area (Å²) in [7, 11) is 0. The molecule has 1 heterocycles. The highest BCUT2D eigenvalue weighted by molar-refractivity contribution is 5.24. The van der Waals surface area contributed by atoms with Crippen LogP contribution in [-0.2, 0) is 13.2 Å². The monoisotopic (exact) mass is 279 g/mol.